The van der Waals surface area contributed by atoms with Gasteiger partial charge in [-0.2, -0.15) is 0 Å². The highest BCUT2D eigenvalue weighted by atomic mass is 19.1. The summed E-state index contributed by atoms with van der Waals surface area (Å²) in [5, 5.41) is 14.7. The Morgan fingerprint density at radius 2 is 1.73 bits per heavy atom. The van der Waals surface area contributed by atoms with Crippen molar-refractivity contribution in [3.05, 3.63) is 83.7 Å². The zero-order valence-corrected chi connectivity index (χ0v) is 26.6. The normalized spacial score (nSPS) is 14.1. The summed E-state index contributed by atoms with van der Waals surface area (Å²) in [7, 11) is 1.34. The first kappa shape index (κ1) is 36.7. The maximum absolute atomic E-state index is 14.3. The van der Waals surface area contributed by atoms with E-state index in [0.717, 1.165) is 12.0 Å². The van der Waals surface area contributed by atoms with Crippen LogP contribution in [0.1, 0.15) is 58.1 Å². The number of hydrogen-bond donors (Lipinski definition) is 3. The number of halogens is 1. The molecule has 2 rings (SSSR count). The topological polar surface area (TPSA) is 131 Å². The Kier molecular flexibility index (Phi) is 15.5. The molecule has 0 bridgehead atoms. The number of esters is 1. The van der Waals surface area contributed by atoms with E-state index in [-0.39, 0.29) is 37.0 Å². The van der Waals surface area contributed by atoms with Gasteiger partial charge in [-0.15, -0.1) is 0 Å². The summed E-state index contributed by atoms with van der Waals surface area (Å²) in [5.74, 6) is -4.24. The van der Waals surface area contributed by atoms with Crippen LogP contribution in [0.3, 0.4) is 0 Å². The van der Waals surface area contributed by atoms with Crippen molar-refractivity contribution in [1.82, 2.24) is 10.6 Å². The molecule has 244 valence electrons. The number of methoxy groups -OCH3 is 1. The van der Waals surface area contributed by atoms with Gasteiger partial charge >= 0.3 is 11.9 Å². The van der Waals surface area contributed by atoms with E-state index in [1.807, 2.05) is 44.2 Å². The zero-order valence-electron chi connectivity index (χ0n) is 26.6. The SMILES string of the molecule is COc1ccc(C[C@@H](NC(=O)/C=C/CC[C@H](C)/C=C/c2ccccc2)C(=O)NC[C@@H](C)C(=O)O[C@@H](CC(C)C)C(=O)O)cc1F. The maximum atomic E-state index is 14.3. The van der Waals surface area contributed by atoms with Gasteiger partial charge in [-0.3, -0.25) is 14.4 Å². The van der Waals surface area contributed by atoms with E-state index in [2.05, 4.69) is 29.7 Å². The average molecular weight is 625 g/mol. The second-order valence-corrected chi connectivity index (χ2v) is 11.5. The van der Waals surface area contributed by atoms with Crippen LogP contribution in [-0.4, -0.2) is 54.7 Å². The van der Waals surface area contributed by atoms with E-state index >= 15 is 0 Å². The fraction of sp³-hybridized carbons (Fsp3) is 0.429. The second kappa shape index (κ2) is 19.0. The molecule has 0 aliphatic carbocycles. The van der Waals surface area contributed by atoms with Gasteiger partial charge in [0.05, 0.1) is 13.0 Å². The summed E-state index contributed by atoms with van der Waals surface area (Å²) >= 11 is 0. The predicted octanol–water partition coefficient (Wildman–Crippen LogP) is 5.34. The van der Waals surface area contributed by atoms with E-state index in [4.69, 9.17) is 9.47 Å². The van der Waals surface area contributed by atoms with Crippen molar-refractivity contribution in [1.29, 1.82) is 0 Å². The van der Waals surface area contributed by atoms with E-state index in [9.17, 15) is 28.7 Å². The molecule has 0 spiro atoms. The number of allylic oxidation sites excluding steroid dienone is 2. The van der Waals surface area contributed by atoms with Crippen LogP contribution in [-0.2, 0) is 30.3 Å². The lowest BCUT2D eigenvalue weighted by molar-refractivity contribution is -0.167. The first-order chi connectivity index (χ1) is 21.4. The van der Waals surface area contributed by atoms with Crippen molar-refractivity contribution in [2.75, 3.05) is 13.7 Å². The molecule has 0 radical (unpaired) electrons. The van der Waals surface area contributed by atoms with E-state index in [1.54, 1.807) is 12.1 Å². The highest BCUT2D eigenvalue weighted by molar-refractivity contribution is 5.93. The minimum absolute atomic E-state index is 0.00463. The first-order valence-electron chi connectivity index (χ1n) is 15.1. The highest BCUT2D eigenvalue weighted by Crippen LogP contribution is 2.19. The number of carbonyl (C=O) groups is 4. The molecule has 45 heavy (non-hydrogen) atoms. The van der Waals surface area contributed by atoms with Gasteiger partial charge < -0.3 is 25.2 Å². The number of carboxylic acid groups (broad SMARTS) is 1. The lowest BCUT2D eigenvalue weighted by Crippen LogP contribution is -2.49. The van der Waals surface area contributed by atoms with Crippen LogP contribution in [0, 0.1) is 23.6 Å². The summed E-state index contributed by atoms with van der Waals surface area (Å²) in [6.07, 6.45) is 7.57. The molecule has 0 heterocycles. The molecule has 0 aliphatic rings. The molecule has 0 unspecified atom stereocenters. The van der Waals surface area contributed by atoms with E-state index in [0.29, 0.717) is 12.0 Å². The zero-order chi connectivity index (χ0) is 33.4. The van der Waals surface area contributed by atoms with Crippen molar-refractivity contribution in [2.45, 2.75) is 65.5 Å². The van der Waals surface area contributed by atoms with Crippen molar-refractivity contribution in [3.63, 3.8) is 0 Å². The molecule has 2 aromatic rings. The van der Waals surface area contributed by atoms with Gasteiger partial charge in [0.25, 0.3) is 0 Å². The monoisotopic (exact) mass is 624 g/mol. The summed E-state index contributed by atoms with van der Waals surface area (Å²) in [4.78, 5) is 49.9. The molecule has 0 fully saturated rings. The lowest BCUT2D eigenvalue weighted by atomic mass is 10.0. The van der Waals surface area contributed by atoms with Gasteiger partial charge in [0.2, 0.25) is 11.8 Å². The smallest absolute Gasteiger partial charge is 0.345 e. The summed E-state index contributed by atoms with van der Waals surface area (Å²) in [6.45, 7) is 7.07. The van der Waals surface area contributed by atoms with Crippen LogP contribution in [0.5, 0.6) is 5.75 Å². The standard InChI is InChI=1S/C35H45FN2O7/c1-23(2)19-31(34(41)42)45-35(43)25(4)22-37-33(40)29(21-27-17-18-30(44-5)28(36)20-27)38-32(39)14-10-9-11-24(3)15-16-26-12-7-6-8-13-26/h6-8,10,12-18,20,23-25,29,31H,9,11,19,21-22H2,1-5H3,(H,37,40)(H,38,39)(H,41,42)/b14-10+,16-15+/t24-,25+,29+,31-/m0/s1. The number of ether oxygens (including phenoxy) is 2. The molecule has 9 nitrogen and oxygen atoms in total. The van der Waals surface area contributed by atoms with Crippen molar-refractivity contribution in [3.8, 4) is 5.75 Å². The third kappa shape index (κ3) is 13.8. The minimum Gasteiger partial charge on any atom is -0.494 e. The number of benzene rings is 2. The molecule has 0 saturated heterocycles. The summed E-state index contributed by atoms with van der Waals surface area (Å²) < 4.78 is 24.5. The molecule has 2 aromatic carbocycles. The number of rotatable bonds is 18. The number of carboxylic acids is 1. The van der Waals surface area contributed by atoms with Crippen molar-refractivity contribution >= 4 is 29.8 Å². The largest absolute Gasteiger partial charge is 0.494 e. The second-order valence-electron chi connectivity index (χ2n) is 11.5. The Hall–Kier alpha value is -4.47. The van der Waals surface area contributed by atoms with Crippen LogP contribution in [0.15, 0.2) is 66.8 Å². The van der Waals surface area contributed by atoms with Crippen LogP contribution in [0.2, 0.25) is 0 Å². The fourth-order valence-corrected chi connectivity index (χ4v) is 4.33. The van der Waals surface area contributed by atoms with Crippen molar-refractivity contribution in [2.24, 2.45) is 17.8 Å². The van der Waals surface area contributed by atoms with E-state index in [1.165, 1.54) is 32.2 Å². The van der Waals surface area contributed by atoms with Gasteiger partial charge in [-0.1, -0.05) is 82.3 Å². The molecule has 0 saturated carbocycles. The molecule has 2 amide bonds. The quantitative estimate of drug-likeness (QED) is 0.151. The number of nitrogens with one attached hydrogen (secondary N) is 2. The Balaban J connectivity index is 2.01. The van der Waals surface area contributed by atoms with Gasteiger partial charge in [0.1, 0.15) is 6.04 Å². The predicted molar refractivity (Wildman–Crippen MR) is 171 cm³/mol. The maximum Gasteiger partial charge on any atom is 0.345 e. The summed E-state index contributed by atoms with van der Waals surface area (Å²) in [6, 6.07) is 13.1. The minimum atomic E-state index is -1.29. The Morgan fingerprint density at radius 3 is 2.36 bits per heavy atom. The van der Waals surface area contributed by atoms with Crippen molar-refractivity contribution < 1.29 is 38.1 Å². The molecule has 10 heteroatoms. The summed E-state index contributed by atoms with van der Waals surface area (Å²) in [5.41, 5.74) is 1.56. The van der Waals surface area contributed by atoms with E-state index < -0.39 is 47.6 Å². The first-order valence-corrected chi connectivity index (χ1v) is 15.1. The molecule has 4 atom stereocenters. The lowest BCUT2D eigenvalue weighted by Gasteiger charge is -2.21. The Morgan fingerprint density at radius 1 is 1.02 bits per heavy atom. The van der Waals surface area contributed by atoms with Crippen LogP contribution in [0.4, 0.5) is 4.39 Å². The van der Waals surface area contributed by atoms with Gasteiger partial charge in [0, 0.05) is 13.0 Å². The molecular weight excluding hydrogens is 579 g/mol. The molecule has 0 aromatic heterocycles. The Labute approximate surface area is 264 Å². The fourth-order valence-electron chi connectivity index (χ4n) is 4.33. The van der Waals surface area contributed by atoms with Gasteiger partial charge in [0.15, 0.2) is 17.7 Å². The number of amides is 2. The molecule has 3 N–H and O–H groups in total. The number of hydrogen-bond acceptors (Lipinski definition) is 6. The van der Waals surface area contributed by atoms with Gasteiger partial charge in [-0.25, -0.2) is 9.18 Å². The highest BCUT2D eigenvalue weighted by Gasteiger charge is 2.27. The average Bonchev–Trinajstić information content (AvgIpc) is 3.00. The molecular formula is C35H45FN2O7. The Bertz CT molecular complexity index is 1330. The van der Waals surface area contributed by atoms with Crippen LogP contribution >= 0.6 is 0 Å². The third-order valence-corrected chi connectivity index (χ3v) is 6.97. The third-order valence-electron chi connectivity index (χ3n) is 6.97. The van der Waals surface area contributed by atoms with Crippen LogP contribution in [0.25, 0.3) is 6.08 Å². The molecule has 0 aliphatic heterocycles. The van der Waals surface area contributed by atoms with Crippen LogP contribution < -0.4 is 15.4 Å². The number of aliphatic carboxylic acids is 1. The van der Waals surface area contributed by atoms with Gasteiger partial charge in [-0.05, 0) is 60.4 Å². The number of carbonyl (C=O) groups excluding carboxylic acids is 3.